The van der Waals surface area contributed by atoms with Crippen LogP contribution < -0.4 is 0 Å². The number of aliphatic hydroxyl groups is 1. The highest BCUT2D eigenvalue weighted by Crippen LogP contribution is 2.41. The molecule has 0 bridgehead atoms. The van der Waals surface area contributed by atoms with Gasteiger partial charge in [-0.25, -0.2) is 4.79 Å². The first-order valence-corrected chi connectivity index (χ1v) is 10.2. The molecular weight excluding hydrogens is 439 g/mol. The Labute approximate surface area is 188 Å². The normalized spacial score (nSPS) is 17.4. The molecule has 2 aromatic carbocycles. The van der Waals surface area contributed by atoms with Crippen molar-refractivity contribution < 1.29 is 19.8 Å². The Kier molecular flexibility index (Phi) is 5.47. The van der Waals surface area contributed by atoms with E-state index in [4.69, 9.17) is 23.2 Å². The summed E-state index contributed by atoms with van der Waals surface area (Å²) < 4.78 is 0. The van der Waals surface area contributed by atoms with E-state index in [1.54, 1.807) is 35.2 Å². The van der Waals surface area contributed by atoms with Crippen molar-refractivity contribution in [1.82, 2.24) is 9.88 Å². The minimum Gasteiger partial charge on any atom is -0.479 e. The summed E-state index contributed by atoms with van der Waals surface area (Å²) in [6.45, 7) is 1.41. The third-order valence-electron chi connectivity index (χ3n) is 5.44. The Morgan fingerprint density at radius 3 is 2.39 bits per heavy atom. The summed E-state index contributed by atoms with van der Waals surface area (Å²) in [7, 11) is 0. The van der Waals surface area contributed by atoms with E-state index < -0.39 is 17.6 Å². The standard InChI is InChI=1S/C23H18Cl2N2O4/c1-23(31,22(29)30)14-4-9-18-19(10-14)21(28)27(12-17-8-7-16(25)11-26-17)20(18)13-2-5-15(24)6-3-13/h2-11,20,31H,12H2,1H3,(H,29,30). The lowest BCUT2D eigenvalue weighted by Crippen LogP contribution is -2.32. The molecule has 1 amide bonds. The molecule has 0 radical (unpaired) electrons. The number of carbonyl (C=O) groups excluding carboxylic acids is 1. The number of nitrogens with zero attached hydrogens (tertiary/aromatic N) is 2. The second-order valence-corrected chi connectivity index (χ2v) is 8.41. The summed E-state index contributed by atoms with van der Waals surface area (Å²) in [5.74, 6) is -1.68. The quantitative estimate of drug-likeness (QED) is 0.592. The van der Waals surface area contributed by atoms with Crippen molar-refractivity contribution >= 4 is 35.1 Å². The number of rotatable bonds is 5. The minimum absolute atomic E-state index is 0.133. The van der Waals surface area contributed by atoms with E-state index >= 15 is 0 Å². The molecule has 0 spiro atoms. The van der Waals surface area contributed by atoms with Gasteiger partial charge in [-0.1, -0.05) is 47.5 Å². The van der Waals surface area contributed by atoms with Gasteiger partial charge in [0.2, 0.25) is 0 Å². The van der Waals surface area contributed by atoms with Gasteiger partial charge >= 0.3 is 5.97 Å². The monoisotopic (exact) mass is 456 g/mol. The topological polar surface area (TPSA) is 90.7 Å². The third kappa shape index (κ3) is 3.90. The molecule has 2 unspecified atom stereocenters. The Hall–Kier alpha value is -2.93. The van der Waals surface area contributed by atoms with Crippen LogP contribution in [0.15, 0.2) is 60.8 Å². The highest BCUT2D eigenvalue weighted by Gasteiger charge is 2.40. The predicted octanol–water partition coefficient (Wildman–Crippen LogP) is 4.43. The molecule has 0 saturated carbocycles. The molecule has 1 aliphatic rings. The van der Waals surface area contributed by atoms with E-state index in [2.05, 4.69) is 4.98 Å². The van der Waals surface area contributed by atoms with E-state index in [0.29, 0.717) is 26.9 Å². The van der Waals surface area contributed by atoms with Gasteiger partial charge in [-0.05, 0) is 53.9 Å². The fraction of sp³-hybridized carbons (Fsp3) is 0.174. The molecule has 2 heterocycles. The van der Waals surface area contributed by atoms with Gasteiger partial charge in [0, 0.05) is 16.8 Å². The average molecular weight is 457 g/mol. The van der Waals surface area contributed by atoms with Crippen LogP contribution in [-0.4, -0.2) is 32.0 Å². The number of aromatic nitrogens is 1. The molecular formula is C23H18Cl2N2O4. The number of amides is 1. The summed E-state index contributed by atoms with van der Waals surface area (Å²) >= 11 is 12.0. The van der Waals surface area contributed by atoms with Gasteiger partial charge < -0.3 is 15.1 Å². The molecule has 31 heavy (non-hydrogen) atoms. The molecule has 0 fully saturated rings. The maximum atomic E-state index is 13.4. The third-order valence-corrected chi connectivity index (χ3v) is 5.91. The SMILES string of the molecule is CC(O)(C(=O)O)c1ccc2c(c1)C(=O)N(Cc1ccc(Cl)cn1)C2c1ccc(Cl)cc1. The van der Waals surface area contributed by atoms with E-state index in [0.717, 1.165) is 5.56 Å². The first-order chi connectivity index (χ1) is 14.7. The minimum atomic E-state index is -2.11. The maximum Gasteiger partial charge on any atom is 0.340 e. The summed E-state index contributed by atoms with van der Waals surface area (Å²) in [4.78, 5) is 30.8. The van der Waals surface area contributed by atoms with E-state index in [1.807, 2.05) is 12.1 Å². The number of pyridine rings is 1. The molecule has 6 nitrogen and oxygen atoms in total. The summed E-state index contributed by atoms with van der Waals surface area (Å²) in [6.07, 6.45) is 1.52. The zero-order chi connectivity index (χ0) is 22.3. The molecule has 4 rings (SSSR count). The van der Waals surface area contributed by atoms with Gasteiger partial charge in [-0.15, -0.1) is 0 Å². The molecule has 158 valence electrons. The van der Waals surface area contributed by atoms with Crippen molar-refractivity contribution in [3.05, 3.63) is 98.8 Å². The highest BCUT2D eigenvalue weighted by atomic mass is 35.5. The molecule has 0 aliphatic carbocycles. The number of hydrogen-bond acceptors (Lipinski definition) is 4. The molecule has 8 heteroatoms. The van der Waals surface area contributed by atoms with Crippen molar-refractivity contribution in [1.29, 1.82) is 0 Å². The fourth-order valence-electron chi connectivity index (χ4n) is 3.69. The van der Waals surface area contributed by atoms with Crippen LogP contribution in [0.1, 0.15) is 45.7 Å². The van der Waals surface area contributed by atoms with Gasteiger partial charge in [0.25, 0.3) is 5.91 Å². The second-order valence-electron chi connectivity index (χ2n) is 7.53. The van der Waals surface area contributed by atoms with Crippen molar-refractivity contribution in [2.75, 3.05) is 0 Å². The lowest BCUT2D eigenvalue weighted by atomic mass is 9.90. The average Bonchev–Trinajstić information content (AvgIpc) is 3.01. The predicted molar refractivity (Wildman–Crippen MR) is 116 cm³/mol. The van der Waals surface area contributed by atoms with E-state index in [1.165, 1.54) is 25.3 Å². The van der Waals surface area contributed by atoms with Crippen LogP contribution in [0.5, 0.6) is 0 Å². The van der Waals surface area contributed by atoms with Crippen molar-refractivity contribution in [3.63, 3.8) is 0 Å². The zero-order valence-electron chi connectivity index (χ0n) is 16.4. The maximum absolute atomic E-state index is 13.4. The van der Waals surface area contributed by atoms with Gasteiger partial charge in [-0.3, -0.25) is 9.78 Å². The molecule has 1 aliphatic heterocycles. The molecule has 2 N–H and O–H groups in total. The molecule has 3 aromatic rings. The highest BCUT2D eigenvalue weighted by molar-refractivity contribution is 6.30. The Morgan fingerprint density at radius 1 is 1.10 bits per heavy atom. The summed E-state index contributed by atoms with van der Waals surface area (Å²) in [5.41, 5.74) is 0.578. The number of benzene rings is 2. The number of carbonyl (C=O) groups is 2. The summed E-state index contributed by atoms with van der Waals surface area (Å²) in [5, 5.41) is 20.8. The van der Waals surface area contributed by atoms with Crippen LogP contribution in [0.2, 0.25) is 10.0 Å². The lowest BCUT2D eigenvalue weighted by molar-refractivity contribution is -0.157. The van der Waals surface area contributed by atoms with Crippen LogP contribution in [0.25, 0.3) is 0 Å². The van der Waals surface area contributed by atoms with Crippen LogP contribution in [0, 0.1) is 0 Å². The Bertz CT molecular complexity index is 1160. The van der Waals surface area contributed by atoms with Gasteiger partial charge in [0.15, 0.2) is 5.60 Å². The number of hydrogen-bond donors (Lipinski definition) is 2. The van der Waals surface area contributed by atoms with Crippen LogP contribution in [0.4, 0.5) is 0 Å². The van der Waals surface area contributed by atoms with E-state index in [-0.39, 0.29) is 18.0 Å². The number of carboxylic acid groups (broad SMARTS) is 1. The second kappa shape index (κ2) is 7.96. The number of aliphatic carboxylic acids is 1. The molecule has 2 atom stereocenters. The summed E-state index contributed by atoms with van der Waals surface area (Å²) in [6, 6.07) is 14.9. The largest absolute Gasteiger partial charge is 0.479 e. The van der Waals surface area contributed by atoms with Gasteiger partial charge in [0.1, 0.15) is 0 Å². The first-order valence-electron chi connectivity index (χ1n) is 9.45. The van der Waals surface area contributed by atoms with Crippen LogP contribution in [-0.2, 0) is 16.9 Å². The number of halogens is 2. The lowest BCUT2D eigenvalue weighted by Gasteiger charge is -2.25. The van der Waals surface area contributed by atoms with Gasteiger partial charge in [-0.2, -0.15) is 0 Å². The van der Waals surface area contributed by atoms with E-state index in [9.17, 15) is 19.8 Å². The molecule has 1 aromatic heterocycles. The van der Waals surface area contributed by atoms with Crippen LogP contribution >= 0.6 is 23.2 Å². The Balaban J connectivity index is 1.81. The van der Waals surface area contributed by atoms with Crippen molar-refractivity contribution in [2.24, 2.45) is 0 Å². The van der Waals surface area contributed by atoms with Crippen molar-refractivity contribution in [3.8, 4) is 0 Å². The Morgan fingerprint density at radius 2 is 1.77 bits per heavy atom. The van der Waals surface area contributed by atoms with Gasteiger partial charge in [0.05, 0.1) is 23.3 Å². The van der Waals surface area contributed by atoms with Crippen LogP contribution in [0.3, 0.4) is 0 Å². The first kappa shape index (κ1) is 21.3. The fourth-order valence-corrected chi connectivity index (χ4v) is 3.93. The smallest absolute Gasteiger partial charge is 0.340 e. The zero-order valence-corrected chi connectivity index (χ0v) is 17.9. The number of carboxylic acids is 1. The number of fused-ring (bicyclic) bond motifs is 1. The molecule has 0 saturated heterocycles. The van der Waals surface area contributed by atoms with Crippen molar-refractivity contribution in [2.45, 2.75) is 25.1 Å².